The summed E-state index contributed by atoms with van der Waals surface area (Å²) in [5, 5.41) is 12.3. The summed E-state index contributed by atoms with van der Waals surface area (Å²) in [6.45, 7) is 1.56. The van der Waals surface area contributed by atoms with E-state index in [9.17, 15) is 4.79 Å². The highest BCUT2D eigenvalue weighted by atomic mass is 16.5. The lowest BCUT2D eigenvalue weighted by Crippen LogP contribution is -2.57. The van der Waals surface area contributed by atoms with Crippen molar-refractivity contribution in [1.82, 2.24) is 10.2 Å². The first-order valence-electron chi connectivity index (χ1n) is 5.56. The number of ether oxygens (including phenoxy) is 1. The maximum atomic E-state index is 11.6. The van der Waals surface area contributed by atoms with Gasteiger partial charge >= 0.3 is 0 Å². The third kappa shape index (κ3) is 2.48. The molecule has 2 aliphatic rings. The van der Waals surface area contributed by atoms with Crippen molar-refractivity contribution < 1.29 is 14.6 Å². The average Bonchev–Trinajstić information content (AvgIpc) is 2.31. The number of carbonyl (C=O) groups is 1. The predicted octanol–water partition coefficient (Wildman–Crippen LogP) is -0.694. The Morgan fingerprint density at radius 3 is 3.07 bits per heavy atom. The number of carbonyl (C=O) groups excluding carboxylic acids is 1. The van der Waals surface area contributed by atoms with Gasteiger partial charge in [-0.2, -0.15) is 0 Å². The molecular weight excluding hydrogens is 196 g/mol. The Hall–Kier alpha value is -0.650. The number of amides is 1. The van der Waals surface area contributed by atoms with Crippen molar-refractivity contribution in [3.05, 3.63) is 0 Å². The van der Waals surface area contributed by atoms with Gasteiger partial charge in [0.25, 0.3) is 0 Å². The molecule has 0 bridgehead atoms. The first kappa shape index (κ1) is 10.9. The Labute approximate surface area is 89.4 Å². The number of aliphatic hydroxyl groups is 1. The molecule has 5 nitrogen and oxygen atoms in total. The lowest BCUT2D eigenvalue weighted by molar-refractivity contribution is -0.156. The van der Waals surface area contributed by atoms with Crippen LogP contribution in [0.4, 0.5) is 0 Å². The van der Waals surface area contributed by atoms with Crippen molar-refractivity contribution in [3.8, 4) is 0 Å². The lowest BCUT2D eigenvalue weighted by Gasteiger charge is -2.39. The van der Waals surface area contributed by atoms with E-state index in [4.69, 9.17) is 9.84 Å². The summed E-state index contributed by atoms with van der Waals surface area (Å²) in [4.78, 5) is 13.4. The maximum absolute atomic E-state index is 11.6. The molecule has 2 heterocycles. The normalized spacial score (nSPS) is 33.1. The standard InChI is InChI=1S/C10H18N2O3/c13-6-8-5-12(10(14)7-15-8)9-3-1-2-4-11-9/h8-9,11,13H,1-7H2. The second kappa shape index (κ2) is 4.92. The molecule has 0 spiro atoms. The van der Waals surface area contributed by atoms with E-state index in [1.165, 1.54) is 6.42 Å². The van der Waals surface area contributed by atoms with Crippen LogP contribution in [0.2, 0.25) is 0 Å². The molecule has 0 aliphatic carbocycles. The van der Waals surface area contributed by atoms with Crippen molar-refractivity contribution >= 4 is 5.91 Å². The van der Waals surface area contributed by atoms with Gasteiger partial charge in [-0.25, -0.2) is 0 Å². The molecule has 2 rings (SSSR count). The fourth-order valence-corrected chi connectivity index (χ4v) is 2.16. The van der Waals surface area contributed by atoms with Gasteiger partial charge in [0.1, 0.15) is 6.61 Å². The second-order valence-corrected chi connectivity index (χ2v) is 4.13. The Morgan fingerprint density at radius 2 is 2.40 bits per heavy atom. The molecule has 5 heteroatoms. The molecule has 0 radical (unpaired) electrons. The monoisotopic (exact) mass is 214 g/mol. The van der Waals surface area contributed by atoms with Crippen molar-refractivity contribution in [1.29, 1.82) is 0 Å². The van der Waals surface area contributed by atoms with Crippen molar-refractivity contribution in [2.24, 2.45) is 0 Å². The van der Waals surface area contributed by atoms with Crippen molar-refractivity contribution in [2.75, 3.05) is 26.3 Å². The van der Waals surface area contributed by atoms with Crippen LogP contribution >= 0.6 is 0 Å². The largest absolute Gasteiger partial charge is 0.394 e. The highest BCUT2D eigenvalue weighted by Gasteiger charge is 2.31. The van der Waals surface area contributed by atoms with Gasteiger partial charge < -0.3 is 14.7 Å². The predicted molar refractivity (Wildman–Crippen MR) is 54.2 cm³/mol. The molecule has 86 valence electrons. The lowest BCUT2D eigenvalue weighted by atomic mass is 10.1. The molecule has 0 saturated carbocycles. The summed E-state index contributed by atoms with van der Waals surface area (Å²) in [6, 6.07) is 0. The number of rotatable bonds is 2. The molecule has 2 atom stereocenters. The van der Waals surface area contributed by atoms with Crippen LogP contribution in [0.15, 0.2) is 0 Å². The van der Waals surface area contributed by atoms with Crippen molar-refractivity contribution in [2.45, 2.75) is 31.5 Å². The van der Waals surface area contributed by atoms with Gasteiger partial charge in [0.2, 0.25) is 5.91 Å². The minimum atomic E-state index is -0.216. The number of nitrogens with one attached hydrogen (secondary N) is 1. The van der Waals surface area contributed by atoms with Gasteiger partial charge in [-0.1, -0.05) is 0 Å². The first-order chi connectivity index (χ1) is 7.31. The van der Waals surface area contributed by atoms with Crippen molar-refractivity contribution in [3.63, 3.8) is 0 Å². The Morgan fingerprint density at radius 1 is 1.53 bits per heavy atom. The van der Waals surface area contributed by atoms with E-state index < -0.39 is 0 Å². The molecule has 0 aromatic carbocycles. The summed E-state index contributed by atoms with van der Waals surface area (Å²) in [6.07, 6.45) is 3.27. The van der Waals surface area contributed by atoms with Crippen LogP contribution in [0.5, 0.6) is 0 Å². The first-order valence-corrected chi connectivity index (χ1v) is 5.56. The summed E-state index contributed by atoms with van der Waals surface area (Å²) in [7, 11) is 0. The molecule has 2 fully saturated rings. The highest BCUT2D eigenvalue weighted by Crippen LogP contribution is 2.15. The van der Waals surface area contributed by atoms with Crippen LogP contribution in [0.3, 0.4) is 0 Å². The third-order valence-corrected chi connectivity index (χ3v) is 3.03. The van der Waals surface area contributed by atoms with Crippen LogP contribution in [0.25, 0.3) is 0 Å². The minimum absolute atomic E-state index is 0.0174. The van der Waals surface area contributed by atoms with Crippen LogP contribution in [-0.4, -0.2) is 54.5 Å². The fraction of sp³-hybridized carbons (Fsp3) is 0.900. The smallest absolute Gasteiger partial charge is 0.249 e. The number of piperidine rings is 1. The van der Waals surface area contributed by atoms with E-state index >= 15 is 0 Å². The topological polar surface area (TPSA) is 61.8 Å². The molecule has 1 amide bonds. The van der Waals surface area contributed by atoms with E-state index in [0.717, 1.165) is 19.4 Å². The summed E-state index contributed by atoms with van der Waals surface area (Å²) < 4.78 is 5.19. The molecule has 2 aliphatic heterocycles. The number of hydrogen-bond donors (Lipinski definition) is 2. The average molecular weight is 214 g/mol. The Bertz CT molecular complexity index is 229. The minimum Gasteiger partial charge on any atom is -0.394 e. The van der Waals surface area contributed by atoms with Gasteiger partial charge in [0.15, 0.2) is 0 Å². The molecule has 0 aromatic heterocycles. The van der Waals surface area contributed by atoms with Crippen LogP contribution in [0.1, 0.15) is 19.3 Å². The SMILES string of the molecule is O=C1COC(CO)CN1C1CCCCN1. The van der Waals surface area contributed by atoms with E-state index in [1.54, 1.807) is 0 Å². The summed E-state index contributed by atoms with van der Waals surface area (Å²) in [5.41, 5.74) is 0. The van der Waals surface area contributed by atoms with Crippen LogP contribution in [0, 0.1) is 0 Å². The zero-order valence-electron chi connectivity index (χ0n) is 8.82. The van der Waals surface area contributed by atoms with E-state index in [2.05, 4.69) is 5.32 Å². The van der Waals surface area contributed by atoms with E-state index in [1.807, 2.05) is 4.90 Å². The molecule has 2 N–H and O–H groups in total. The van der Waals surface area contributed by atoms with E-state index in [0.29, 0.717) is 6.54 Å². The van der Waals surface area contributed by atoms with Crippen LogP contribution < -0.4 is 5.32 Å². The Kier molecular flexibility index (Phi) is 3.56. The Balaban J connectivity index is 1.95. The second-order valence-electron chi connectivity index (χ2n) is 4.13. The zero-order valence-corrected chi connectivity index (χ0v) is 8.82. The molecular formula is C10H18N2O3. The molecule has 2 unspecified atom stereocenters. The van der Waals surface area contributed by atoms with Gasteiger partial charge in [-0.05, 0) is 25.8 Å². The highest BCUT2D eigenvalue weighted by molar-refractivity contribution is 5.78. The molecule has 15 heavy (non-hydrogen) atoms. The third-order valence-electron chi connectivity index (χ3n) is 3.03. The van der Waals surface area contributed by atoms with Gasteiger partial charge in [0, 0.05) is 0 Å². The quantitative estimate of drug-likeness (QED) is 0.638. The van der Waals surface area contributed by atoms with Crippen LogP contribution in [-0.2, 0) is 9.53 Å². The van der Waals surface area contributed by atoms with Gasteiger partial charge in [0.05, 0.1) is 25.4 Å². The maximum Gasteiger partial charge on any atom is 0.249 e. The van der Waals surface area contributed by atoms with Gasteiger partial charge in [-0.3, -0.25) is 10.1 Å². The number of hydrogen-bond acceptors (Lipinski definition) is 4. The molecule has 2 saturated heterocycles. The molecule has 0 aromatic rings. The summed E-state index contributed by atoms with van der Waals surface area (Å²) in [5.74, 6) is 0.0269. The fourth-order valence-electron chi connectivity index (χ4n) is 2.16. The van der Waals surface area contributed by atoms with Gasteiger partial charge in [-0.15, -0.1) is 0 Å². The number of morpholine rings is 1. The zero-order chi connectivity index (χ0) is 10.7. The summed E-state index contributed by atoms with van der Waals surface area (Å²) >= 11 is 0. The number of aliphatic hydroxyl groups excluding tert-OH is 1. The number of nitrogens with zero attached hydrogens (tertiary/aromatic N) is 1. The van der Waals surface area contributed by atoms with E-state index in [-0.39, 0.29) is 31.4 Å².